The van der Waals surface area contributed by atoms with Crippen LogP contribution < -0.4 is 15.0 Å². The number of ether oxygens (including phenoxy) is 2. The SMILES string of the molecule is COc1cccc(OC)c1-n1c(C2CCCC2)nc(O)c(C(=O)N2CC[C@H](c3ccccc3)C2)c1=O. The number of carbonyl (C=O) groups excluding carboxylic acids is 1. The molecule has 0 spiro atoms. The number of aromatic nitrogens is 2. The third kappa shape index (κ3) is 4.21. The quantitative estimate of drug-likeness (QED) is 0.557. The Kier molecular flexibility index (Phi) is 6.67. The number of nitrogens with zero attached hydrogens (tertiary/aromatic N) is 3. The predicted octanol–water partition coefficient (Wildman–Crippen LogP) is 4.24. The maximum absolute atomic E-state index is 14.1. The zero-order chi connectivity index (χ0) is 25.2. The summed E-state index contributed by atoms with van der Waals surface area (Å²) >= 11 is 0. The third-order valence-electron chi connectivity index (χ3n) is 7.40. The molecule has 1 atom stereocenters. The molecule has 2 fully saturated rings. The van der Waals surface area contributed by atoms with Crippen molar-refractivity contribution in [3.05, 3.63) is 75.8 Å². The second-order valence-electron chi connectivity index (χ2n) is 9.45. The molecule has 1 N–H and O–H groups in total. The Labute approximate surface area is 210 Å². The monoisotopic (exact) mass is 489 g/mol. The summed E-state index contributed by atoms with van der Waals surface area (Å²) in [7, 11) is 3.04. The zero-order valence-electron chi connectivity index (χ0n) is 20.6. The van der Waals surface area contributed by atoms with Crippen LogP contribution in [0.4, 0.5) is 0 Å². The number of amides is 1. The highest BCUT2D eigenvalue weighted by Gasteiger charge is 2.35. The van der Waals surface area contributed by atoms with Gasteiger partial charge >= 0.3 is 0 Å². The largest absolute Gasteiger partial charge is 0.494 e. The summed E-state index contributed by atoms with van der Waals surface area (Å²) in [6, 6.07) is 15.3. The molecule has 0 unspecified atom stereocenters. The smallest absolute Gasteiger partial charge is 0.275 e. The topological polar surface area (TPSA) is 93.9 Å². The molecule has 36 heavy (non-hydrogen) atoms. The van der Waals surface area contributed by atoms with Gasteiger partial charge in [-0.15, -0.1) is 0 Å². The molecule has 8 nitrogen and oxygen atoms in total. The van der Waals surface area contributed by atoms with E-state index in [9.17, 15) is 14.7 Å². The highest BCUT2D eigenvalue weighted by Crippen LogP contribution is 2.39. The van der Waals surface area contributed by atoms with Gasteiger partial charge in [0.2, 0.25) is 5.88 Å². The van der Waals surface area contributed by atoms with Gasteiger partial charge in [-0.05, 0) is 37.0 Å². The molecular formula is C28H31N3O5. The molecule has 1 saturated heterocycles. The first-order valence-electron chi connectivity index (χ1n) is 12.4. The van der Waals surface area contributed by atoms with Crippen molar-refractivity contribution in [3.63, 3.8) is 0 Å². The van der Waals surface area contributed by atoms with Crippen LogP contribution in [0, 0.1) is 0 Å². The van der Waals surface area contributed by atoms with Gasteiger partial charge in [0.25, 0.3) is 11.5 Å². The van der Waals surface area contributed by atoms with Crippen molar-refractivity contribution >= 4 is 5.91 Å². The van der Waals surface area contributed by atoms with E-state index in [1.54, 1.807) is 23.1 Å². The Bertz CT molecular complexity index is 1290. The summed E-state index contributed by atoms with van der Waals surface area (Å²) in [6.45, 7) is 0.976. The lowest BCUT2D eigenvalue weighted by atomic mass is 9.99. The number of aromatic hydroxyl groups is 1. The van der Waals surface area contributed by atoms with Gasteiger partial charge in [0.05, 0.1) is 14.2 Å². The van der Waals surface area contributed by atoms with Gasteiger partial charge in [-0.2, -0.15) is 4.98 Å². The maximum atomic E-state index is 14.1. The van der Waals surface area contributed by atoms with Crippen molar-refractivity contribution in [2.75, 3.05) is 27.3 Å². The standard InChI is InChI=1S/C28H31N3O5/c1-35-21-13-8-14-22(36-2)24(21)31-25(19-11-6-7-12-19)29-26(32)23(28(31)34)27(33)30-16-15-20(17-30)18-9-4-3-5-10-18/h3-5,8-10,13-14,19-20,32H,6-7,11-12,15-17H2,1-2H3/t20-/m0/s1. The van der Waals surface area contributed by atoms with Crippen LogP contribution in [0.25, 0.3) is 5.69 Å². The van der Waals surface area contributed by atoms with Crippen LogP contribution >= 0.6 is 0 Å². The van der Waals surface area contributed by atoms with Gasteiger partial charge in [0, 0.05) is 24.9 Å². The number of para-hydroxylation sites is 1. The highest BCUT2D eigenvalue weighted by molar-refractivity contribution is 5.96. The first-order valence-corrected chi connectivity index (χ1v) is 12.4. The molecule has 188 valence electrons. The van der Waals surface area contributed by atoms with E-state index in [2.05, 4.69) is 17.1 Å². The first kappa shape index (κ1) is 23.9. The Morgan fingerprint density at radius 3 is 2.25 bits per heavy atom. The van der Waals surface area contributed by atoms with Gasteiger partial charge < -0.3 is 19.5 Å². The number of carbonyl (C=O) groups is 1. The number of hydrogen-bond donors (Lipinski definition) is 1. The van der Waals surface area contributed by atoms with E-state index in [0.29, 0.717) is 36.1 Å². The second kappa shape index (κ2) is 10.0. The van der Waals surface area contributed by atoms with E-state index >= 15 is 0 Å². The summed E-state index contributed by atoms with van der Waals surface area (Å²) in [5.74, 6) is 0.414. The minimum absolute atomic E-state index is 0.0170. The van der Waals surface area contributed by atoms with Crippen molar-refractivity contribution in [2.45, 2.75) is 43.9 Å². The van der Waals surface area contributed by atoms with E-state index < -0.39 is 17.3 Å². The van der Waals surface area contributed by atoms with Crippen molar-refractivity contribution in [1.82, 2.24) is 14.5 Å². The van der Waals surface area contributed by atoms with Crippen LogP contribution in [0.3, 0.4) is 0 Å². The van der Waals surface area contributed by atoms with E-state index in [1.807, 2.05) is 18.2 Å². The fourth-order valence-corrected chi connectivity index (χ4v) is 5.54. The Balaban J connectivity index is 1.62. The lowest BCUT2D eigenvalue weighted by Crippen LogP contribution is -2.37. The summed E-state index contributed by atoms with van der Waals surface area (Å²) < 4.78 is 12.6. The number of likely N-dealkylation sites (tertiary alicyclic amines) is 1. The van der Waals surface area contributed by atoms with E-state index in [1.165, 1.54) is 18.8 Å². The lowest BCUT2D eigenvalue weighted by molar-refractivity contribution is 0.0784. The Morgan fingerprint density at radius 1 is 0.944 bits per heavy atom. The van der Waals surface area contributed by atoms with Gasteiger partial charge in [0.15, 0.2) is 5.56 Å². The van der Waals surface area contributed by atoms with Crippen LogP contribution in [0.5, 0.6) is 17.4 Å². The fraction of sp³-hybridized carbons (Fsp3) is 0.393. The van der Waals surface area contributed by atoms with E-state index in [-0.39, 0.29) is 17.4 Å². The molecule has 8 heteroatoms. The summed E-state index contributed by atoms with van der Waals surface area (Å²) in [6.07, 6.45) is 4.51. The zero-order valence-corrected chi connectivity index (χ0v) is 20.6. The van der Waals surface area contributed by atoms with Gasteiger partial charge in [-0.3, -0.25) is 14.2 Å². The molecule has 0 radical (unpaired) electrons. The van der Waals surface area contributed by atoms with Crippen LogP contribution in [-0.4, -0.2) is 52.8 Å². The minimum atomic E-state index is -0.611. The summed E-state index contributed by atoms with van der Waals surface area (Å²) in [5, 5.41) is 10.9. The molecule has 5 rings (SSSR count). The second-order valence-corrected chi connectivity index (χ2v) is 9.45. The molecule has 1 aromatic heterocycles. The Hall–Kier alpha value is -3.81. The molecule has 3 aromatic rings. The highest BCUT2D eigenvalue weighted by atomic mass is 16.5. The molecule has 0 bridgehead atoms. The van der Waals surface area contributed by atoms with Crippen molar-refractivity contribution in [2.24, 2.45) is 0 Å². The number of hydrogen-bond acceptors (Lipinski definition) is 6. The molecular weight excluding hydrogens is 458 g/mol. The van der Waals surface area contributed by atoms with Crippen LogP contribution in [-0.2, 0) is 0 Å². The predicted molar refractivity (Wildman–Crippen MR) is 136 cm³/mol. The summed E-state index contributed by atoms with van der Waals surface area (Å²) in [4.78, 5) is 33.8. The molecule has 2 aliphatic rings. The fourth-order valence-electron chi connectivity index (χ4n) is 5.54. The molecule has 1 saturated carbocycles. The Morgan fingerprint density at radius 2 is 1.61 bits per heavy atom. The van der Waals surface area contributed by atoms with Crippen molar-refractivity contribution in [1.29, 1.82) is 0 Å². The van der Waals surface area contributed by atoms with Crippen LogP contribution in [0.2, 0.25) is 0 Å². The van der Waals surface area contributed by atoms with Gasteiger partial charge in [0.1, 0.15) is 23.0 Å². The van der Waals surface area contributed by atoms with Crippen molar-refractivity contribution in [3.8, 4) is 23.1 Å². The number of benzene rings is 2. The average molecular weight is 490 g/mol. The third-order valence-corrected chi connectivity index (χ3v) is 7.40. The average Bonchev–Trinajstić information content (AvgIpc) is 3.61. The van der Waals surface area contributed by atoms with Gasteiger partial charge in [-0.25, -0.2) is 0 Å². The molecule has 1 aliphatic heterocycles. The molecule has 1 amide bonds. The van der Waals surface area contributed by atoms with E-state index in [4.69, 9.17) is 9.47 Å². The normalized spacial score (nSPS) is 17.9. The minimum Gasteiger partial charge on any atom is -0.494 e. The molecule has 1 aliphatic carbocycles. The van der Waals surface area contributed by atoms with Crippen LogP contribution in [0.15, 0.2) is 53.3 Å². The van der Waals surface area contributed by atoms with Gasteiger partial charge in [-0.1, -0.05) is 49.2 Å². The lowest BCUT2D eigenvalue weighted by Gasteiger charge is -2.23. The maximum Gasteiger partial charge on any atom is 0.275 e. The number of methoxy groups -OCH3 is 2. The van der Waals surface area contributed by atoms with Crippen LogP contribution in [0.1, 0.15) is 65.7 Å². The number of rotatable bonds is 6. The van der Waals surface area contributed by atoms with Crippen molar-refractivity contribution < 1.29 is 19.4 Å². The first-order chi connectivity index (χ1) is 17.5. The molecule has 2 aromatic carbocycles. The summed E-state index contributed by atoms with van der Waals surface area (Å²) in [5.41, 5.74) is 0.612. The molecule has 2 heterocycles. The van der Waals surface area contributed by atoms with E-state index in [0.717, 1.165) is 37.7 Å².